The van der Waals surface area contributed by atoms with Crippen molar-refractivity contribution in [2.75, 3.05) is 28.2 Å². The van der Waals surface area contributed by atoms with E-state index >= 15 is 0 Å². The quantitative estimate of drug-likeness (QED) is 0.195. The van der Waals surface area contributed by atoms with E-state index < -0.39 is 0 Å². The summed E-state index contributed by atoms with van der Waals surface area (Å²) in [5.41, 5.74) is 12.0. The molecule has 50 heavy (non-hydrogen) atoms. The maximum absolute atomic E-state index is 3.77. The third kappa shape index (κ3) is 33.4. The number of hydrogen-bond acceptors (Lipinski definition) is 6. The minimum Gasteiger partial charge on any atom is -0.668 e. The van der Waals surface area contributed by atoms with E-state index in [9.17, 15) is 0 Å². The van der Waals surface area contributed by atoms with Crippen molar-refractivity contribution in [3.05, 3.63) is 115 Å². The largest absolute Gasteiger partial charge is 4.00 e. The Bertz CT molecular complexity index is 1180. The molecule has 0 spiro atoms. The van der Waals surface area contributed by atoms with Crippen molar-refractivity contribution in [2.45, 2.75) is 83.1 Å². The normalized spacial score (nSPS) is 8.64. The van der Waals surface area contributed by atoms with Gasteiger partial charge in [0.25, 0.3) is 0 Å². The maximum Gasteiger partial charge on any atom is 4.00 e. The van der Waals surface area contributed by atoms with Crippen LogP contribution >= 0.6 is 0 Å². The average molecular weight is 841 g/mol. The molecule has 0 saturated heterocycles. The zero-order valence-corrected chi connectivity index (χ0v) is 37.6. The van der Waals surface area contributed by atoms with E-state index in [0.717, 1.165) is 68.3 Å². The fraction of sp³-hybridized carbons (Fsp3) is 0.471. The molecule has 0 fully saturated rings. The molecule has 6 aromatic rings. The van der Waals surface area contributed by atoms with Crippen LogP contribution in [0.5, 0.6) is 0 Å². The number of aryl methyl sites for hydroxylation is 12. The van der Waals surface area contributed by atoms with E-state index in [4.69, 9.17) is 0 Å². The van der Waals surface area contributed by atoms with Crippen LogP contribution in [0, 0.1) is 83.1 Å². The molecule has 0 atom stereocenters. The summed E-state index contributed by atoms with van der Waals surface area (Å²) >= 11 is 0. The van der Waals surface area contributed by atoms with Gasteiger partial charge in [0.2, 0.25) is 0 Å². The second-order valence-corrected chi connectivity index (χ2v) is 10.7. The van der Waals surface area contributed by atoms with E-state index in [-0.39, 0.29) is 52.4 Å². The summed E-state index contributed by atoms with van der Waals surface area (Å²) in [6.07, 6.45) is 0. The van der Waals surface area contributed by atoms with Crippen LogP contribution in [0.25, 0.3) is 10.6 Å². The molecule has 0 aromatic carbocycles. The topological polar surface area (TPSA) is 190 Å². The molecule has 0 saturated carbocycles. The first kappa shape index (κ1) is 53.7. The van der Waals surface area contributed by atoms with E-state index in [2.05, 4.69) is 71.8 Å². The van der Waals surface area contributed by atoms with Crippen LogP contribution in [-0.4, -0.2) is 58.8 Å². The van der Waals surface area contributed by atoms with Gasteiger partial charge in [0.1, 0.15) is 0 Å². The fourth-order valence-corrected chi connectivity index (χ4v) is 3.11. The molecule has 16 heteroatoms. The van der Waals surface area contributed by atoms with Gasteiger partial charge in [-0.3, -0.25) is 0 Å². The third-order valence-electron chi connectivity index (χ3n) is 4.70. The Labute approximate surface area is 338 Å². The average Bonchev–Trinajstić information content (AvgIpc) is 3.87. The minimum atomic E-state index is 0. The van der Waals surface area contributed by atoms with Gasteiger partial charge in [-0.25, -0.2) is 0 Å². The van der Waals surface area contributed by atoms with Gasteiger partial charge in [-0.2, -0.15) is 28.2 Å². The van der Waals surface area contributed by atoms with Gasteiger partial charge in [0, 0.05) is 34.2 Å². The molecule has 14 nitrogen and oxygen atoms in total. The van der Waals surface area contributed by atoms with Gasteiger partial charge >= 0.3 is 52.4 Å². The molecule has 6 aromatic heterocycles. The zero-order valence-electron chi connectivity index (χ0n) is 32.7. The number of nitrogens with zero attached hydrogens (tertiary/aromatic N) is 14. The van der Waals surface area contributed by atoms with Crippen molar-refractivity contribution < 1.29 is 52.4 Å². The van der Waals surface area contributed by atoms with Crippen molar-refractivity contribution in [3.63, 3.8) is 0 Å². The predicted molar refractivity (Wildman–Crippen MR) is 193 cm³/mol. The maximum atomic E-state index is 3.77. The van der Waals surface area contributed by atoms with Gasteiger partial charge in [-0.15, -0.1) is 34.2 Å². The second-order valence-electron chi connectivity index (χ2n) is 10.7. The predicted octanol–water partition coefficient (Wildman–Crippen LogP) is 5.17. The molecule has 0 bridgehead atoms. The van der Waals surface area contributed by atoms with Crippen LogP contribution in [0.15, 0.2) is 36.4 Å². The van der Waals surface area contributed by atoms with Crippen LogP contribution in [0.1, 0.15) is 68.3 Å². The Balaban J connectivity index is -0.000000244. The van der Waals surface area contributed by atoms with E-state index in [1.165, 1.54) is 0 Å². The van der Waals surface area contributed by atoms with Gasteiger partial charge in [0.15, 0.2) is 0 Å². The molecule has 0 N–H and O–H groups in total. The van der Waals surface area contributed by atoms with Crippen molar-refractivity contribution in [1.82, 2.24) is 61.2 Å². The Kier molecular flexibility index (Phi) is 35.6. The Hall–Kier alpha value is -3.05. The molecule has 0 radical (unpaired) electrons. The summed E-state index contributed by atoms with van der Waals surface area (Å²) in [7, 11) is 7.00. The Morgan fingerprint density at radius 1 is 0.300 bits per heavy atom. The first-order valence-corrected chi connectivity index (χ1v) is 15.1. The van der Waals surface area contributed by atoms with Crippen LogP contribution in [0.2, 0.25) is 0 Å². The second kappa shape index (κ2) is 33.1. The fourth-order valence-electron chi connectivity index (χ4n) is 3.11. The van der Waals surface area contributed by atoms with E-state index in [1.807, 2.05) is 119 Å². The third-order valence-corrected chi connectivity index (χ3v) is 4.70. The SMILES string of the molecule is C[N-]C.C[N-]C.Cc1cc(C)[n-]n1.Cc1cc(C)[n-]n1.Cc1cc(C)[n-]n1.Cc1cc(C)[n-]n1.Cc1cc(C)[n-]n1.Cc1cc(C)[n-]n1.[Zr+4].[Zr+4]. The number of rotatable bonds is 0. The van der Waals surface area contributed by atoms with Crippen LogP contribution in [-0.2, 0) is 52.4 Å². The Morgan fingerprint density at radius 3 is 0.420 bits per heavy atom. The first-order valence-electron chi connectivity index (χ1n) is 15.1. The minimum absolute atomic E-state index is 0. The van der Waals surface area contributed by atoms with Gasteiger partial charge in [-0.05, 0) is 41.5 Å². The molecule has 6 heterocycles. The molecular weight excluding hydrogens is 787 g/mol. The molecule has 6 rings (SSSR count). The first-order chi connectivity index (χ1) is 22.6. The number of hydrogen-bond donors (Lipinski definition) is 0. The summed E-state index contributed by atoms with van der Waals surface area (Å²) in [5, 5.41) is 52.2. The van der Waals surface area contributed by atoms with Crippen LogP contribution < -0.4 is 30.6 Å². The summed E-state index contributed by atoms with van der Waals surface area (Å²) in [6, 6.07) is 11.7. The molecular formula is C34H54N14Zr2. The van der Waals surface area contributed by atoms with Crippen molar-refractivity contribution >= 4 is 0 Å². The van der Waals surface area contributed by atoms with E-state index in [0.29, 0.717) is 0 Å². The molecule has 0 aliphatic rings. The van der Waals surface area contributed by atoms with Crippen molar-refractivity contribution in [2.24, 2.45) is 0 Å². The molecule has 0 unspecified atom stereocenters. The van der Waals surface area contributed by atoms with Crippen LogP contribution in [0.3, 0.4) is 0 Å². The monoisotopic (exact) mass is 838 g/mol. The van der Waals surface area contributed by atoms with Crippen LogP contribution in [0.4, 0.5) is 0 Å². The Morgan fingerprint density at radius 2 is 0.400 bits per heavy atom. The van der Waals surface area contributed by atoms with Crippen molar-refractivity contribution in [3.8, 4) is 0 Å². The zero-order chi connectivity index (χ0) is 37.1. The number of aromatic nitrogens is 12. The molecule has 0 aliphatic carbocycles. The van der Waals surface area contributed by atoms with Crippen molar-refractivity contribution in [1.29, 1.82) is 0 Å². The molecule has 268 valence electrons. The summed E-state index contributed by atoms with van der Waals surface area (Å²) < 4.78 is 0. The summed E-state index contributed by atoms with van der Waals surface area (Å²) in [5.74, 6) is 0. The summed E-state index contributed by atoms with van der Waals surface area (Å²) in [4.78, 5) is 0. The standard InChI is InChI=1S/6C5H7N2.2C2H6N.2Zr/c6*1-4-3-5(2)7-6-4;2*1-3-2;;/h6*3H,1-2H3;2*1-2H3;;/q8*-1;2*+4. The molecule has 0 aliphatic heterocycles. The smallest absolute Gasteiger partial charge is 0.668 e. The van der Waals surface area contributed by atoms with Gasteiger partial charge in [0.05, 0.1) is 0 Å². The van der Waals surface area contributed by atoms with Gasteiger partial charge in [-0.1, -0.05) is 77.9 Å². The van der Waals surface area contributed by atoms with E-state index in [1.54, 1.807) is 28.2 Å². The molecule has 0 amide bonds. The van der Waals surface area contributed by atoms with Gasteiger partial charge < -0.3 is 71.8 Å². The summed E-state index contributed by atoms with van der Waals surface area (Å²) in [6.45, 7) is 23.2.